The normalized spacial score (nSPS) is 15.6. The van der Waals surface area contributed by atoms with Gasteiger partial charge in [0, 0.05) is 12.5 Å². The van der Waals surface area contributed by atoms with Crippen LogP contribution in [0.4, 0.5) is 11.4 Å². The topological polar surface area (TPSA) is 94.2 Å². The van der Waals surface area contributed by atoms with Crippen LogP contribution in [0.1, 0.15) is 23.7 Å². The van der Waals surface area contributed by atoms with Crippen molar-refractivity contribution in [3.05, 3.63) is 48.0 Å². The van der Waals surface area contributed by atoms with Gasteiger partial charge in [0.25, 0.3) is 5.91 Å². The molecule has 0 aliphatic carbocycles. The fraction of sp³-hybridized carbons (Fsp3) is 0.286. The average Bonchev–Trinajstić information content (AvgIpc) is 2.85. The van der Waals surface area contributed by atoms with Gasteiger partial charge in [-0.05, 0) is 37.3 Å². The number of nitrogens with zero attached hydrogens (tertiary/aromatic N) is 1. The molecule has 29 heavy (non-hydrogen) atoms. The van der Waals surface area contributed by atoms with Crippen molar-refractivity contribution < 1.29 is 28.6 Å². The first-order valence-electron chi connectivity index (χ1n) is 9.04. The highest BCUT2D eigenvalue weighted by atomic mass is 16.5. The molecule has 0 spiro atoms. The second kappa shape index (κ2) is 8.64. The maximum atomic E-state index is 12.9. The molecule has 8 nitrogen and oxygen atoms in total. The lowest BCUT2D eigenvalue weighted by molar-refractivity contribution is -0.122. The third kappa shape index (κ3) is 4.31. The van der Waals surface area contributed by atoms with Gasteiger partial charge in [0.1, 0.15) is 17.1 Å². The summed E-state index contributed by atoms with van der Waals surface area (Å²) in [6.07, 6.45) is 0.137. The molecule has 8 heteroatoms. The van der Waals surface area contributed by atoms with Crippen molar-refractivity contribution in [3.8, 4) is 11.5 Å². The minimum absolute atomic E-state index is 0.137. The number of fused-ring (bicyclic) bond motifs is 1. The Labute approximate surface area is 168 Å². The standard InChI is InChI=1S/C21H22N2O6/c1-13-10-19(24)22-16-6-4-5-7-17(16)23(13)20(25)12-29-21(26)15-11-14(27-2)8-9-18(15)28-3/h4-9,11,13H,10,12H2,1-3H3,(H,22,24). The van der Waals surface area contributed by atoms with Crippen molar-refractivity contribution in [2.24, 2.45) is 0 Å². The molecule has 0 bridgehead atoms. The first-order chi connectivity index (χ1) is 13.9. The molecule has 1 N–H and O–H groups in total. The highest BCUT2D eigenvalue weighted by molar-refractivity contribution is 6.05. The van der Waals surface area contributed by atoms with Gasteiger partial charge in [0.15, 0.2) is 6.61 Å². The van der Waals surface area contributed by atoms with Crippen molar-refractivity contribution in [1.82, 2.24) is 0 Å². The highest BCUT2D eigenvalue weighted by Crippen LogP contribution is 2.31. The predicted octanol–water partition coefficient (Wildman–Crippen LogP) is 2.62. The third-order valence-electron chi connectivity index (χ3n) is 4.58. The molecule has 0 saturated heterocycles. The first-order valence-corrected chi connectivity index (χ1v) is 9.04. The molecule has 3 rings (SSSR count). The van der Waals surface area contributed by atoms with Crippen molar-refractivity contribution in [1.29, 1.82) is 0 Å². The van der Waals surface area contributed by atoms with Crippen LogP contribution in [0.25, 0.3) is 0 Å². The van der Waals surface area contributed by atoms with E-state index in [2.05, 4.69) is 5.32 Å². The van der Waals surface area contributed by atoms with Crippen LogP contribution in [0.15, 0.2) is 42.5 Å². The molecule has 2 aromatic carbocycles. The van der Waals surface area contributed by atoms with Crippen molar-refractivity contribution >= 4 is 29.2 Å². The Bertz CT molecular complexity index is 943. The summed E-state index contributed by atoms with van der Waals surface area (Å²) >= 11 is 0. The second-order valence-corrected chi connectivity index (χ2v) is 6.52. The van der Waals surface area contributed by atoms with Crippen LogP contribution >= 0.6 is 0 Å². The van der Waals surface area contributed by atoms with E-state index in [0.29, 0.717) is 22.9 Å². The Morgan fingerprint density at radius 2 is 1.90 bits per heavy atom. The zero-order valence-electron chi connectivity index (χ0n) is 16.4. The van der Waals surface area contributed by atoms with E-state index in [9.17, 15) is 14.4 Å². The van der Waals surface area contributed by atoms with Gasteiger partial charge in [-0.25, -0.2) is 4.79 Å². The van der Waals surface area contributed by atoms with Crippen LogP contribution in [-0.2, 0) is 14.3 Å². The molecule has 2 amide bonds. The minimum atomic E-state index is -0.709. The van der Waals surface area contributed by atoms with E-state index in [1.165, 1.54) is 25.2 Å². The smallest absolute Gasteiger partial charge is 0.342 e. The SMILES string of the molecule is COc1ccc(OC)c(C(=O)OCC(=O)N2c3ccccc3NC(=O)CC2C)c1. The summed E-state index contributed by atoms with van der Waals surface area (Å²) in [5, 5.41) is 2.79. The van der Waals surface area contributed by atoms with Gasteiger partial charge in [-0.2, -0.15) is 0 Å². The molecule has 1 atom stereocenters. The van der Waals surface area contributed by atoms with Gasteiger partial charge in [-0.15, -0.1) is 0 Å². The van der Waals surface area contributed by atoms with Crippen LogP contribution in [-0.4, -0.2) is 44.7 Å². The zero-order valence-corrected chi connectivity index (χ0v) is 16.4. The van der Waals surface area contributed by atoms with E-state index in [0.717, 1.165) is 0 Å². The third-order valence-corrected chi connectivity index (χ3v) is 4.58. The lowest BCUT2D eigenvalue weighted by Gasteiger charge is -2.27. The summed E-state index contributed by atoms with van der Waals surface area (Å²) in [7, 11) is 2.91. The lowest BCUT2D eigenvalue weighted by Crippen LogP contribution is -2.41. The number of nitrogens with one attached hydrogen (secondary N) is 1. The van der Waals surface area contributed by atoms with E-state index >= 15 is 0 Å². The number of rotatable bonds is 5. The molecule has 1 aliphatic heterocycles. The van der Waals surface area contributed by atoms with Gasteiger partial charge in [-0.3, -0.25) is 9.59 Å². The quantitative estimate of drug-likeness (QED) is 0.778. The number of carbonyl (C=O) groups excluding carboxylic acids is 3. The molecule has 1 aliphatic rings. The van der Waals surface area contributed by atoms with E-state index < -0.39 is 24.5 Å². The Morgan fingerprint density at radius 1 is 1.14 bits per heavy atom. The number of methoxy groups -OCH3 is 2. The molecule has 0 fully saturated rings. The summed E-state index contributed by atoms with van der Waals surface area (Å²) in [4.78, 5) is 39.0. The fourth-order valence-corrected chi connectivity index (χ4v) is 3.22. The zero-order chi connectivity index (χ0) is 21.0. The average molecular weight is 398 g/mol. The highest BCUT2D eigenvalue weighted by Gasteiger charge is 2.30. The maximum Gasteiger partial charge on any atom is 0.342 e. The molecule has 152 valence electrons. The number of hydrogen-bond donors (Lipinski definition) is 1. The van der Waals surface area contributed by atoms with E-state index in [1.807, 2.05) is 0 Å². The second-order valence-electron chi connectivity index (χ2n) is 6.52. The first kappa shape index (κ1) is 20.2. The van der Waals surface area contributed by atoms with E-state index in [-0.39, 0.29) is 17.9 Å². The number of hydrogen-bond acceptors (Lipinski definition) is 6. The van der Waals surface area contributed by atoms with Gasteiger partial charge in [0.05, 0.1) is 25.6 Å². The summed E-state index contributed by atoms with van der Waals surface area (Å²) in [6.45, 7) is 1.29. The van der Waals surface area contributed by atoms with E-state index in [4.69, 9.17) is 14.2 Å². The summed E-state index contributed by atoms with van der Waals surface area (Å²) in [5.41, 5.74) is 1.25. The number of benzene rings is 2. The number of para-hydroxylation sites is 2. The summed E-state index contributed by atoms with van der Waals surface area (Å²) in [5.74, 6) is -0.552. The van der Waals surface area contributed by atoms with Gasteiger partial charge in [-0.1, -0.05) is 12.1 Å². The molecule has 0 aromatic heterocycles. The van der Waals surface area contributed by atoms with Crippen LogP contribution in [0.5, 0.6) is 11.5 Å². The number of ether oxygens (including phenoxy) is 3. The van der Waals surface area contributed by atoms with Crippen molar-refractivity contribution in [2.45, 2.75) is 19.4 Å². The van der Waals surface area contributed by atoms with Gasteiger partial charge >= 0.3 is 5.97 Å². The molecule has 0 radical (unpaired) electrons. The molecule has 1 unspecified atom stereocenters. The largest absolute Gasteiger partial charge is 0.497 e. The monoisotopic (exact) mass is 398 g/mol. The minimum Gasteiger partial charge on any atom is -0.497 e. The van der Waals surface area contributed by atoms with Gasteiger partial charge < -0.3 is 24.4 Å². The Balaban J connectivity index is 1.78. The molecular weight excluding hydrogens is 376 g/mol. The Kier molecular flexibility index (Phi) is 6.01. The van der Waals surface area contributed by atoms with Crippen LogP contribution in [0.3, 0.4) is 0 Å². The fourth-order valence-electron chi connectivity index (χ4n) is 3.22. The van der Waals surface area contributed by atoms with Crippen molar-refractivity contribution in [2.75, 3.05) is 31.0 Å². The number of esters is 1. The van der Waals surface area contributed by atoms with Crippen LogP contribution < -0.4 is 19.7 Å². The summed E-state index contributed by atoms with van der Waals surface area (Å²) < 4.78 is 15.6. The van der Waals surface area contributed by atoms with E-state index in [1.54, 1.807) is 43.3 Å². The molecular formula is C21H22N2O6. The van der Waals surface area contributed by atoms with Crippen LogP contribution in [0, 0.1) is 0 Å². The lowest BCUT2D eigenvalue weighted by atomic mass is 10.1. The predicted molar refractivity (Wildman–Crippen MR) is 106 cm³/mol. The Morgan fingerprint density at radius 3 is 2.62 bits per heavy atom. The summed E-state index contributed by atoms with van der Waals surface area (Å²) in [6, 6.07) is 11.3. The van der Waals surface area contributed by atoms with Crippen LogP contribution in [0.2, 0.25) is 0 Å². The number of amides is 2. The molecule has 1 heterocycles. The van der Waals surface area contributed by atoms with Gasteiger partial charge in [0.2, 0.25) is 5.91 Å². The Hall–Kier alpha value is -3.55. The molecule has 0 saturated carbocycles. The number of anilines is 2. The molecule has 2 aromatic rings. The number of carbonyl (C=O) groups is 3. The maximum absolute atomic E-state index is 12.9. The van der Waals surface area contributed by atoms with Crippen molar-refractivity contribution in [3.63, 3.8) is 0 Å².